The number of nitrogens with zero attached hydrogens (tertiary/aromatic N) is 3. The third-order valence-electron chi connectivity index (χ3n) is 7.39. The molecule has 0 bridgehead atoms. The summed E-state index contributed by atoms with van der Waals surface area (Å²) < 4.78 is 10.9. The van der Waals surface area contributed by atoms with Gasteiger partial charge in [0.25, 0.3) is 5.91 Å². The highest BCUT2D eigenvalue weighted by atomic mass is 35.5. The van der Waals surface area contributed by atoms with Crippen molar-refractivity contribution in [3.05, 3.63) is 63.8 Å². The first-order valence-electron chi connectivity index (χ1n) is 12.7. The van der Waals surface area contributed by atoms with Gasteiger partial charge in [0.15, 0.2) is 0 Å². The number of amides is 1. The molecule has 3 aromatic rings. The predicted octanol–water partition coefficient (Wildman–Crippen LogP) is 5.55. The van der Waals surface area contributed by atoms with Crippen molar-refractivity contribution in [1.29, 1.82) is 5.26 Å². The van der Waals surface area contributed by atoms with Crippen LogP contribution >= 0.6 is 11.6 Å². The average Bonchev–Trinajstić information content (AvgIpc) is 3.23. The fraction of sp³-hybridized carbons (Fsp3) is 0.379. The first-order valence-corrected chi connectivity index (χ1v) is 13.1. The summed E-state index contributed by atoms with van der Waals surface area (Å²) in [5.74, 6) is 0.527. The van der Waals surface area contributed by atoms with Crippen molar-refractivity contribution in [2.24, 2.45) is 0 Å². The zero-order valence-electron chi connectivity index (χ0n) is 21.7. The van der Waals surface area contributed by atoms with E-state index in [1.807, 2.05) is 12.1 Å². The number of rotatable bonds is 6. The second-order valence-electron chi connectivity index (χ2n) is 10.3. The molecular weight excluding hydrogens is 502 g/mol. The van der Waals surface area contributed by atoms with Crippen molar-refractivity contribution in [3.8, 4) is 23.1 Å². The summed E-state index contributed by atoms with van der Waals surface area (Å²) in [5.41, 5.74) is 5.46. The molecule has 1 amide bonds. The number of nitriles is 1. The van der Waals surface area contributed by atoms with E-state index in [0.29, 0.717) is 47.4 Å². The molecule has 1 aliphatic carbocycles. The normalized spacial score (nSPS) is 16.4. The lowest BCUT2D eigenvalue weighted by Crippen LogP contribution is -2.39. The van der Waals surface area contributed by atoms with Gasteiger partial charge in [0, 0.05) is 31.0 Å². The van der Waals surface area contributed by atoms with Gasteiger partial charge in [-0.05, 0) is 72.6 Å². The van der Waals surface area contributed by atoms with Crippen LogP contribution in [0.1, 0.15) is 60.2 Å². The molecule has 38 heavy (non-hydrogen) atoms. The lowest BCUT2D eigenvalue weighted by atomic mass is 9.84. The number of hydrogen-bond donors (Lipinski definition) is 2. The summed E-state index contributed by atoms with van der Waals surface area (Å²) in [5, 5.41) is 16.3. The number of fused-ring (bicyclic) bond motifs is 1. The minimum Gasteiger partial charge on any atom is -0.495 e. The standard InChI is InChI=1S/C29H30ClN5O3/c1-29(2)8-4-20-18(16-31)12-17(13-22(20)29)24-5-9-32-28(34-24)35-25-15-23(30)21(14-26(25)37-3)27(36)33-19-6-10-38-11-7-19/h5,9,12-15,19H,4,6-8,10-11H2,1-3H3,(H,33,36)(H,32,34,35). The van der Waals surface area contributed by atoms with E-state index in [-0.39, 0.29) is 22.4 Å². The number of carbonyl (C=O) groups is 1. The van der Waals surface area contributed by atoms with Crippen LogP contribution in [0.4, 0.5) is 11.6 Å². The van der Waals surface area contributed by atoms with Crippen LogP contribution in [0.15, 0.2) is 36.5 Å². The van der Waals surface area contributed by atoms with E-state index in [4.69, 9.17) is 26.1 Å². The molecule has 0 spiro atoms. The number of methoxy groups -OCH3 is 1. The molecule has 2 aliphatic rings. The van der Waals surface area contributed by atoms with Crippen LogP contribution in [0.2, 0.25) is 5.02 Å². The van der Waals surface area contributed by atoms with Gasteiger partial charge in [0.1, 0.15) is 5.75 Å². The van der Waals surface area contributed by atoms with E-state index in [1.54, 1.807) is 18.3 Å². The van der Waals surface area contributed by atoms with Gasteiger partial charge >= 0.3 is 0 Å². The molecule has 0 radical (unpaired) electrons. The number of hydrogen-bond acceptors (Lipinski definition) is 7. The highest BCUT2D eigenvalue weighted by molar-refractivity contribution is 6.34. The Kier molecular flexibility index (Phi) is 7.24. The van der Waals surface area contributed by atoms with E-state index in [2.05, 4.69) is 41.6 Å². The minimum absolute atomic E-state index is 0.00791. The van der Waals surface area contributed by atoms with Crippen LogP contribution < -0.4 is 15.4 Å². The zero-order valence-corrected chi connectivity index (χ0v) is 22.5. The highest BCUT2D eigenvalue weighted by Crippen LogP contribution is 2.42. The largest absolute Gasteiger partial charge is 0.495 e. The Labute approximate surface area is 227 Å². The summed E-state index contributed by atoms with van der Waals surface area (Å²) in [6.07, 6.45) is 5.13. The average molecular weight is 532 g/mol. The molecule has 0 unspecified atom stereocenters. The first-order chi connectivity index (χ1) is 18.3. The van der Waals surface area contributed by atoms with Gasteiger partial charge in [-0.3, -0.25) is 4.79 Å². The van der Waals surface area contributed by atoms with Crippen molar-refractivity contribution in [2.45, 2.75) is 51.0 Å². The molecule has 2 heterocycles. The first kappa shape index (κ1) is 26.0. The number of anilines is 2. The van der Waals surface area contributed by atoms with Crippen LogP contribution in [-0.2, 0) is 16.6 Å². The van der Waals surface area contributed by atoms with Crippen LogP contribution in [0.3, 0.4) is 0 Å². The molecule has 9 heteroatoms. The smallest absolute Gasteiger partial charge is 0.253 e. The van der Waals surface area contributed by atoms with Gasteiger partial charge in [0.2, 0.25) is 5.95 Å². The molecule has 1 fully saturated rings. The maximum atomic E-state index is 12.9. The maximum Gasteiger partial charge on any atom is 0.253 e. The molecule has 2 N–H and O–H groups in total. The lowest BCUT2D eigenvalue weighted by Gasteiger charge is -2.23. The SMILES string of the molecule is COc1cc(C(=O)NC2CCOCC2)c(Cl)cc1Nc1nccc(-c2cc(C#N)c3c(c2)C(C)(C)CC3)n1. The number of halogens is 1. The quantitative estimate of drug-likeness (QED) is 0.429. The van der Waals surface area contributed by atoms with Crippen LogP contribution in [0, 0.1) is 11.3 Å². The fourth-order valence-electron chi connectivity index (χ4n) is 5.16. The molecule has 8 nitrogen and oxygen atoms in total. The van der Waals surface area contributed by atoms with Gasteiger partial charge in [-0.2, -0.15) is 5.26 Å². The third kappa shape index (κ3) is 5.17. The van der Waals surface area contributed by atoms with Crippen molar-refractivity contribution >= 4 is 29.1 Å². The Hall–Kier alpha value is -3.67. The number of benzene rings is 2. The van der Waals surface area contributed by atoms with Crippen molar-refractivity contribution in [2.75, 3.05) is 25.6 Å². The summed E-state index contributed by atoms with van der Waals surface area (Å²) >= 11 is 6.53. The third-order valence-corrected chi connectivity index (χ3v) is 7.70. The van der Waals surface area contributed by atoms with Crippen molar-refractivity contribution < 1.29 is 14.3 Å². The zero-order chi connectivity index (χ0) is 26.9. The summed E-state index contributed by atoms with van der Waals surface area (Å²) in [6, 6.07) is 11.5. The highest BCUT2D eigenvalue weighted by Gasteiger charge is 2.32. The summed E-state index contributed by atoms with van der Waals surface area (Å²) in [6.45, 7) is 5.68. The van der Waals surface area contributed by atoms with Gasteiger partial charge in [-0.25, -0.2) is 9.97 Å². The second kappa shape index (κ2) is 10.6. The van der Waals surface area contributed by atoms with Crippen LogP contribution in [0.5, 0.6) is 5.75 Å². The Morgan fingerprint density at radius 2 is 2.03 bits per heavy atom. The molecule has 0 atom stereocenters. The monoisotopic (exact) mass is 531 g/mol. The van der Waals surface area contributed by atoms with E-state index in [9.17, 15) is 10.1 Å². The van der Waals surface area contributed by atoms with E-state index in [0.717, 1.165) is 36.8 Å². The number of carbonyl (C=O) groups excluding carboxylic acids is 1. The second-order valence-corrected chi connectivity index (χ2v) is 10.7. The Balaban J connectivity index is 1.41. The molecule has 1 aromatic heterocycles. The van der Waals surface area contributed by atoms with E-state index < -0.39 is 0 Å². The summed E-state index contributed by atoms with van der Waals surface area (Å²) in [7, 11) is 1.53. The molecule has 2 aromatic carbocycles. The van der Waals surface area contributed by atoms with Crippen LogP contribution in [0.25, 0.3) is 11.3 Å². The van der Waals surface area contributed by atoms with Gasteiger partial charge in [-0.15, -0.1) is 0 Å². The van der Waals surface area contributed by atoms with Gasteiger partial charge in [-0.1, -0.05) is 25.4 Å². The van der Waals surface area contributed by atoms with E-state index >= 15 is 0 Å². The summed E-state index contributed by atoms with van der Waals surface area (Å²) in [4.78, 5) is 22.0. The number of ether oxygens (including phenoxy) is 2. The molecule has 5 rings (SSSR count). The lowest BCUT2D eigenvalue weighted by molar-refractivity contribution is 0.0696. The van der Waals surface area contributed by atoms with E-state index in [1.165, 1.54) is 12.7 Å². The van der Waals surface area contributed by atoms with Crippen LogP contribution in [-0.4, -0.2) is 42.2 Å². The Bertz CT molecular complexity index is 1430. The molecule has 0 saturated carbocycles. The van der Waals surface area contributed by atoms with Crippen molar-refractivity contribution in [3.63, 3.8) is 0 Å². The van der Waals surface area contributed by atoms with Crippen molar-refractivity contribution in [1.82, 2.24) is 15.3 Å². The molecule has 196 valence electrons. The fourth-order valence-corrected chi connectivity index (χ4v) is 5.41. The topological polar surface area (TPSA) is 109 Å². The molecule has 1 aliphatic heterocycles. The minimum atomic E-state index is -0.252. The van der Waals surface area contributed by atoms with Gasteiger partial charge < -0.3 is 20.1 Å². The number of nitrogens with one attached hydrogen (secondary N) is 2. The van der Waals surface area contributed by atoms with Gasteiger partial charge in [0.05, 0.1) is 40.7 Å². The Morgan fingerprint density at radius 3 is 2.76 bits per heavy atom. The number of aromatic nitrogens is 2. The molecule has 1 saturated heterocycles. The molecular formula is C29H30ClN5O3. The predicted molar refractivity (Wildman–Crippen MR) is 146 cm³/mol. The maximum absolute atomic E-state index is 12.9. The Morgan fingerprint density at radius 1 is 1.24 bits per heavy atom.